The van der Waals surface area contributed by atoms with Gasteiger partial charge in [-0.3, -0.25) is 0 Å². The zero-order chi connectivity index (χ0) is 27.5. The highest BCUT2D eigenvalue weighted by molar-refractivity contribution is 7.90. The maximum absolute atomic E-state index is 12.1. The van der Waals surface area contributed by atoms with Crippen molar-refractivity contribution in [2.45, 2.75) is 122 Å². The first kappa shape index (κ1) is 28.7. The van der Waals surface area contributed by atoms with Gasteiger partial charge in [0.15, 0.2) is 0 Å². The van der Waals surface area contributed by atoms with Crippen LogP contribution in [0.1, 0.15) is 105 Å². The first-order valence-electron chi connectivity index (χ1n) is 15.6. The number of aliphatic hydroxyl groups is 2. The summed E-state index contributed by atoms with van der Waals surface area (Å²) in [4.78, 5) is 12.1. The number of urea groups is 1. The smallest absolute Gasteiger partial charge is 0.328 e. The van der Waals surface area contributed by atoms with Crippen molar-refractivity contribution in [3.8, 4) is 0 Å². The van der Waals surface area contributed by atoms with Crippen LogP contribution in [0.5, 0.6) is 0 Å². The average Bonchev–Trinajstić information content (AvgIpc) is 3.66. The fourth-order valence-electron chi connectivity index (χ4n) is 10.4. The Balaban J connectivity index is 1.20. The van der Waals surface area contributed by atoms with Crippen LogP contribution in [0.25, 0.3) is 0 Å². The molecule has 0 spiro atoms. The van der Waals surface area contributed by atoms with E-state index in [1.54, 1.807) is 0 Å². The molecule has 0 aromatic carbocycles. The van der Waals surface area contributed by atoms with Gasteiger partial charge in [0.2, 0.25) is 10.0 Å². The zero-order valence-corrected chi connectivity index (χ0v) is 24.8. The molecule has 0 aromatic rings. The molecule has 3 unspecified atom stereocenters. The fraction of sp³-hybridized carbons (Fsp3) is 0.967. The summed E-state index contributed by atoms with van der Waals surface area (Å²) in [6.07, 6.45) is 11.3. The van der Waals surface area contributed by atoms with Gasteiger partial charge in [-0.25, -0.2) is 17.9 Å². The molecule has 7 nitrogen and oxygen atoms in total. The number of rotatable bonds is 8. The van der Waals surface area contributed by atoms with Gasteiger partial charge >= 0.3 is 6.03 Å². The van der Waals surface area contributed by atoms with E-state index in [-0.39, 0.29) is 29.0 Å². The van der Waals surface area contributed by atoms with Gasteiger partial charge in [0.1, 0.15) is 0 Å². The van der Waals surface area contributed by atoms with Crippen molar-refractivity contribution in [2.75, 3.05) is 6.54 Å². The van der Waals surface area contributed by atoms with E-state index in [1.807, 2.05) is 0 Å². The molecule has 5 rings (SSSR count). The lowest BCUT2D eigenvalue weighted by Gasteiger charge is -2.64. The first-order valence-corrected chi connectivity index (χ1v) is 17.1. The van der Waals surface area contributed by atoms with Gasteiger partial charge in [0.25, 0.3) is 0 Å². The zero-order valence-electron chi connectivity index (χ0n) is 24.0. The maximum Gasteiger partial charge on any atom is 0.328 e. The normalized spacial score (nSPS) is 45.4. The molecule has 5 aliphatic carbocycles. The van der Waals surface area contributed by atoms with Crippen LogP contribution in [0.3, 0.4) is 0 Å². The maximum atomic E-state index is 12.1. The quantitative estimate of drug-likeness (QED) is 0.322. The molecule has 5 fully saturated rings. The van der Waals surface area contributed by atoms with Crippen LogP contribution in [0.2, 0.25) is 0 Å². The Labute approximate surface area is 230 Å². The van der Waals surface area contributed by atoms with E-state index in [0.717, 1.165) is 38.5 Å². The van der Waals surface area contributed by atoms with E-state index in [9.17, 15) is 23.4 Å². The number of hydrogen-bond donors (Lipinski definition) is 4. The second kappa shape index (κ2) is 10.5. The average molecular weight is 553 g/mol. The Morgan fingerprint density at radius 2 is 1.66 bits per heavy atom. The Bertz CT molecular complexity index is 985. The minimum atomic E-state index is -3.50. The van der Waals surface area contributed by atoms with Crippen LogP contribution in [0.4, 0.5) is 4.79 Å². The van der Waals surface area contributed by atoms with Crippen LogP contribution in [0, 0.1) is 52.3 Å². The Hall–Kier alpha value is -0.860. The number of carbonyl (C=O) groups is 1. The number of aliphatic hydroxyl groups excluding tert-OH is 2. The SMILES string of the molecule is CC[C@@H]1C2C[C@H](O)CC[C@@]2(C)[C@H]2CCC3(C)[C@@H]([C@H](C)CCCNC(=O)NS(=O)(=O)C4CC4)CC[C@H]3C2[C@@H]1O. The number of fused-ring (bicyclic) bond motifs is 5. The molecule has 5 aliphatic rings. The van der Waals surface area contributed by atoms with Crippen LogP contribution >= 0.6 is 0 Å². The summed E-state index contributed by atoms with van der Waals surface area (Å²) < 4.78 is 26.1. The summed E-state index contributed by atoms with van der Waals surface area (Å²) >= 11 is 0. The Kier molecular flexibility index (Phi) is 7.93. The second-order valence-corrected chi connectivity index (χ2v) is 16.3. The molecule has 5 saturated carbocycles. The molecule has 0 aliphatic heterocycles. The summed E-state index contributed by atoms with van der Waals surface area (Å²) in [7, 11) is -3.50. The van der Waals surface area contributed by atoms with Gasteiger partial charge in [0.05, 0.1) is 17.5 Å². The molecular formula is C30H52N2O5S. The van der Waals surface area contributed by atoms with Crippen molar-refractivity contribution in [2.24, 2.45) is 52.3 Å². The molecule has 38 heavy (non-hydrogen) atoms. The highest BCUT2D eigenvalue weighted by Gasteiger charge is 2.64. The number of carbonyl (C=O) groups excluding carboxylic acids is 1. The Morgan fingerprint density at radius 3 is 2.34 bits per heavy atom. The summed E-state index contributed by atoms with van der Waals surface area (Å²) in [5.41, 5.74) is 0.467. The fourth-order valence-corrected chi connectivity index (χ4v) is 11.6. The van der Waals surface area contributed by atoms with E-state index in [0.29, 0.717) is 54.9 Å². The molecule has 0 heterocycles. The minimum absolute atomic E-state index is 0.209. The lowest BCUT2D eigenvalue weighted by Crippen LogP contribution is -2.62. The van der Waals surface area contributed by atoms with Crippen molar-refractivity contribution in [1.82, 2.24) is 10.0 Å². The highest BCUT2D eigenvalue weighted by Crippen LogP contribution is 2.69. The number of amides is 2. The standard InChI is InChI=1S/C30H52N2O5S/c1-5-21-25-17-19(33)12-14-30(25,4)24-13-15-29(3)22(10-11-23(29)26(24)27(21)34)18(2)7-6-16-31-28(35)32-38(36,37)20-8-9-20/h18-27,33-34H,5-17H2,1-4H3,(H2,31,32,35)/t18-,19-,21-,22-,23+,24+,25?,26?,27-,29?,30+/m1/s1. The second-order valence-electron chi connectivity index (χ2n) is 14.3. The van der Waals surface area contributed by atoms with E-state index >= 15 is 0 Å². The van der Waals surface area contributed by atoms with E-state index in [2.05, 4.69) is 37.7 Å². The molecule has 4 N–H and O–H groups in total. The summed E-state index contributed by atoms with van der Waals surface area (Å²) in [5, 5.41) is 24.7. The molecular weight excluding hydrogens is 500 g/mol. The third-order valence-electron chi connectivity index (χ3n) is 12.5. The first-order chi connectivity index (χ1) is 17.9. The monoisotopic (exact) mass is 552 g/mol. The number of nitrogens with one attached hydrogen (secondary N) is 2. The van der Waals surface area contributed by atoms with Gasteiger partial charge in [-0.05, 0) is 123 Å². The topological polar surface area (TPSA) is 116 Å². The number of sulfonamides is 1. The molecule has 0 radical (unpaired) electrons. The molecule has 0 bridgehead atoms. The highest BCUT2D eigenvalue weighted by atomic mass is 32.2. The molecule has 218 valence electrons. The molecule has 0 saturated heterocycles. The van der Waals surface area contributed by atoms with Crippen LogP contribution in [-0.4, -0.2) is 48.7 Å². The third-order valence-corrected chi connectivity index (χ3v) is 14.3. The van der Waals surface area contributed by atoms with Gasteiger partial charge in [0, 0.05) is 6.54 Å². The van der Waals surface area contributed by atoms with Gasteiger partial charge in [-0.2, -0.15) is 0 Å². The third kappa shape index (κ3) is 4.93. The predicted molar refractivity (Wildman–Crippen MR) is 149 cm³/mol. The summed E-state index contributed by atoms with van der Waals surface area (Å²) in [6, 6.07) is -0.602. The summed E-state index contributed by atoms with van der Waals surface area (Å²) in [5.74, 6) is 3.33. The molecule has 0 aromatic heterocycles. The van der Waals surface area contributed by atoms with Gasteiger partial charge in [-0.1, -0.05) is 34.1 Å². The van der Waals surface area contributed by atoms with Crippen molar-refractivity contribution in [3.63, 3.8) is 0 Å². The summed E-state index contributed by atoms with van der Waals surface area (Å²) in [6.45, 7) is 10.1. The largest absolute Gasteiger partial charge is 0.393 e. The van der Waals surface area contributed by atoms with Gasteiger partial charge in [-0.15, -0.1) is 0 Å². The van der Waals surface area contributed by atoms with Gasteiger partial charge < -0.3 is 15.5 Å². The van der Waals surface area contributed by atoms with E-state index < -0.39 is 21.3 Å². The Morgan fingerprint density at radius 1 is 0.974 bits per heavy atom. The molecule has 11 atom stereocenters. The lowest BCUT2D eigenvalue weighted by molar-refractivity contribution is -0.203. The number of hydrogen-bond acceptors (Lipinski definition) is 5. The lowest BCUT2D eigenvalue weighted by atomic mass is 9.41. The van der Waals surface area contributed by atoms with Crippen molar-refractivity contribution < 1.29 is 23.4 Å². The van der Waals surface area contributed by atoms with Crippen molar-refractivity contribution in [1.29, 1.82) is 0 Å². The predicted octanol–water partition coefficient (Wildman–Crippen LogP) is 4.82. The van der Waals surface area contributed by atoms with Crippen LogP contribution < -0.4 is 10.0 Å². The van der Waals surface area contributed by atoms with Crippen molar-refractivity contribution in [3.05, 3.63) is 0 Å². The molecule has 2 amide bonds. The van der Waals surface area contributed by atoms with Crippen LogP contribution in [-0.2, 0) is 10.0 Å². The van der Waals surface area contributed by atoms with Crippen LogP contribution in [0.15, 0.2) is 0 Å². The van der Waals surface area contributed by atoms with Crippen molar-refractivity contribution >= 4 is 16.1 Å². The van der Waals surface area contributed by atoms with E-state index in [1.165, 1.54) is 25.7 Å². The van der Waals surface area contributed by atoms with E-state index in [4.69, 9.17) is 0 Å². The molecule has 8 heteroatoms. The minimum Gasteiger partial charge on any atom is -0.393 e.